The van der Waals surface area contributed by atoms with Crippen molar-refractivity contribution in [3.05, 3.63) is 71.7 Å². The molecule has 0 spiro atoms. The summed E-state index contributed by atoms with van der Waals surface area (Å²) in [6.45, 7) is 1.80. The Bertz CT molecular complexity index is 1030. The third kappa shape index (κ3) is 3.31. The summed E-state index contributed by atoms with van der Waals surface area (Å²) in [4.78, 5) is 24.9. The second-order valence-corrected chi connectivity index (χ2v) is 6.44. The summed E-state index contributed by atoms with van der Waals surface area (Å²) in [5.41, 5.74) is 2.76. The number of hydrogen-bond acceptors (Lipinski definition) is 3. The van der Waals surface area contributed by atoms with Crippen LogP contribution in [-0.4, -0.2) is 21.6 Å². The van der Waals surface area contributed by atoms with Crippen LogP contribution in [0.3, 0.4) is 0 Å². The lowest BCUT2D eigenvalue weighted by molar-refractivity contribution is -0.123. The molecule has 1 aliphatic heterocycles. The number of fused-ring (bicyclic) bond motifs is 1. The van der Waals surface area contributed by atoms with Gasteiger partial charge in [-0.1, -0.05) is 18.2 Å². The van der Waals surface area contributed by atoms with Gasteiger partial charge in [-0.25, -0.2) is 9.07 Å². The lowest BCUT2D eigenvalue weighted by Gasteiger charge is -2.24. The second kappa shape index (κ2) is 6.68. The number of rotatable bonds is 3. The second-order valence-electron chi connectivity index (χ2n) is 6.44. The molecule has 3 aromatic rings. The van der Waals surface area contributed by atoms with Gasteiger partial charge in [-0.05, 0) is 42.8 Å². The summed E-state index contributed by atoms with van der Waals surface area (Å²) >= 11 is 0. The van der Waals surface area contributed by atoms with Crippen LogP contribution in [0.2, 0.25) is 0 Å². The van der Waals surface area contributed by atoms with Crippen LogP contribution in [-0.2, 0) is 9.59 Å². The molecule has 7 heteroatoms. The Morgan fingerprint density at radius 3 is 2.74 bits per heavy atom. The number of carbonyl (C=O) groups excluding carboxylic acids is 2. The summed E-state index contributed by atoms with van der Waals surface area (Å²) in [7, 11) is 0. The highest BCUT2D eigenvalue weighted by Gasteiger charge is 2.31. The summed E-state index contributed by atoms with van der Waals surface area (Å²) in [5, 5.41) is 10.0. The van der Waals surface area contributed by atoms with Gasteiger partial charge < -0.3 is 10.6 Å². The van der Waals surface area contributed by atoms with E-state index in [-0.39, 0.29) is 24.1 Å². The van der Waals surface area contributed by atoms with E-state index in [1.807, 2.05) is 18.2 Å². The Morgan fingerprint density at radius 2 is 1.96 bits per heavy atom. The van der Waals surface area contributed by atoms with Gasteiger partial charge in [0.15, 0.2) is 0 Å². The minimum Gasteiger partial charge on any atom is -0.326 e. The fourth-order valence-corrected chi connectivity index (χ4v) is 3.23. The Balaban J connectivity index is 1.65. The third-order valence-electron chi connectivity index (χ3n) is 4.47. The highest BCUT2D eigenvalue weighted by molar-refractivity contribution is 6.04. The maximum absolute atomic E-state index is 13.2. The molecule has 136 valence electrons. The van der Waals surface area contributed by atoms with E-state index in [1.165, 1.54) is 12.1 Å². The fourth-order valence-electron chi connectivity index (χ4n) is 3.23. The number of nitrogens with zero attached hydrogens (tertiary/aromatic N) is 2. The predicted molar refractivity (Wildman–Crippen MR) is 99.3 cm³/mol. The average molecular weight is 364 g/mol. The molecule has 0 aliphatic carbocycles. The molecule has 0 fully saturated rings. The molecule has 1 aliphatic rings. The molecule has 0 bridgehead atoms. The van der Waals surface area contributed by atoms with Gasteiger partial charge in [-0.15, -0.1) is 0 Å². The van der Waals surface area contributed by atoms with Crippen molar-refractivity contribution < 1.29 is 14.0 Å². The highest BCUT2D eigenvalue weighted by atomic mass is 19.1. The van der Waals surface area contributed by atoms with E-state index in [2.05, 4.69) is 15.7 Å². The van der Waals surface area contributed by atoms with E-state index in [9.17, 15) is 14.0 Å². The smallest absolute Gasteiger partial charge is 0.233 e. The van der Waals surface area contributed by atoms with Crippen LogP contribution in [0, 0.1) is 12.7 Å². The quantitative estimate of drug-likeness (QED) is 0.748. The number of halogens is 1. The fraction of sp³-hybridized carbons (Fsp3) is 0.150. The van der Waals surface area contributed by atoms with Crippen molar-refractivity contribution in [3.8, 4) is 5.69 Å². The first-order valence-corrected chi connectivity index (χ1v) is 8.53. The average Bonchev–Trinajstić information content (AvgIpc) is 3.01. The van der Waals surface area contributed by atoms with Gasteiger partial charge >= 0.3 is 0 Å². The van der Waals surface area contributed by atoms with Crippen molar-refractivity contribution in [1.29, 1.82) is 0 Å². The van der Waals surface area contributed by atoms with Crippen molar-refractivity contribution in [3.63, 3.8) is 0 Å². The summed E-state index contributed by atoms with van der Waals surface area (Å²) < 4.78 is 14.7. The number of amides is 2. The van der Waals surface area contributed by atoms with Crippen molar-refractivity contribution in [1.82, 2.24) is 9.78 Å². The van der Waals surface area contributed by atoms with Gasteiger partial charge in [0.05, 0.1) is 17.3 Å². The first-order valence-electron chi connectivity index (χ1n) is 8.53. The van der Waals surface area contributed by atoms with Gasteiger partial charge in [0.2, 0.25) is 11.8 Å². The molecule has 0 saturated carbocycles. The molecule has 4 rings (SSSR count). The molecule has 1 unspecified atom stereocenters. The molecule has 1 atom stereocenters. The van der Waals surface area contributed by atoms with Crippen LogP contribution in [0.25, 0.3) is 5.69 Å². The Labute approximate surface area is 155 Å². The molecule has 6 nitrogen and oxygen atoms in total. The maximum atomic E-state index is 13.2. The topological polar surface area (TPSA) is 76.0 Å². The van der Waals surface area contributed by atoms with E-state index in [0.717, 1.165) is 5.56 Å². The van der Waals surface area contributed by atoms with Crippen LogP contribution in [0.4, 0.5) is 15.9 Å². The largest absolute Gasteiger partial charge is 0.326 e. The van der Waals surface area contributed by atoms with E-state index in [1.54, 1.807) is 35.9 Å². The van der Waals surface area contributed by atoms with Crippen molar-refractivity contribution in [2.24, 2.45) is 0 Å². The number of aromatic nitrogens is 2. The first-order chi connectivity index (χ1) is 13.0. The number of hydrogen-bond donors (Lipinski definition) is 2. The molecular weight excluding hydrogens is 347 g/mol. The van der Waals surface area contributed by atoms with Gasteiger partial charge in [0, 0.05) is 18.2 Å². The van der Waals surface area contributed by atoms with E-state index < -0.39 is 5.92 Å². The SMILES string of the molecule is Cc1cc(NC(=O)C2CC(=O)Nc3ccccc32)n(-c2ccc(F)cc2)n1. The van der Waals surface area contributed by atoms with E-state index in [0.29, 0.717) is 22.9 Å². The van der Waals surface area contributed by atoms with Crippen LogP contribution in [0.15, 0.2) is 54.6 Å². The van der Waals surface area contributed by atoms with Crippen LogP contribution in [0.1, 0.15) is 23.6 Å². The number of nitrogens with one attached hydrogen (secondary N) is 2. The molecule has 0 radical (unpaired) electrons. The zero-order chi connectivity index (χ0) is 19.0. The highest BCUT2D eigenvalue weighted by Crippen LogP contribution is 2.33. The number of aryl methyl sites for hydroxylation is 1. The van der Waals surface area contributed by atoms with Crippen LogP contribution < -0.4 is 10.6 Å². The molecule has 2 N–H and O–H groups in total. The molecule has 27 heavy (non-hydrogen) atoms. The lowest BCUT2D eigenvalue weighted by Crippen LogP contribution is -2.31. The molecular formula is C20H17FN4O2. The lowest BCUT2D eigenvalue weighted by atomic mass is 9.90. The maximum Gasteiger partial charge on any atom is 0.233 e. The summed E-state index contributed by atoms with van der Waals surface area (Å²) in [6.07, 6.45) is 0.0759. The minimum absolute atomic E-state index is 0.0759. The van der Waals surface area contributed by atoms with Crippen molar-refractivity contribution in [2.75, 3.05) is 10.6 Å². The van der Waals surface area contributed by atoms with E-state index in [4.69, 9.17) is 0 Å². The van der Waals surface area contributed by atoms with Gasteiger partial charge in [-0.2, -0.15) is 5.10 Å². The molecule has 2 aromatic carbocycles. The summed E-state index contributed by atoms with van der Waals surface area (Å²) in [6, 6.07) is 14.8. The monoisotopic (exact) mass is 364 g/mol. The predicted octanol–water partition coefficient (Wildman–Crippen LogP) is 3.38. The third-order valence-corrected chi connectivity index (χ3v) is 4.47. The number of anilines is 2. The first kappa shape index (κ1) is 17.0. The van der Waals surface area contributed by atoms with E-state index >= 15 is 0 Å². The summed E-state index contributed by atoms with van der Waals surface area (Å²) in [5.74, 6) is -0.963. The normalized spacial score (nSPS) is 15.8. The molecule has 2 amide bonds. The van der Waals surface area contributed by atoms with Gasteiger partial charge in [-0.3, -0.25) is 9.59 Å². The van der Waals surface area contributed by atoms with Gasteiger partial charge in [0.25, 0.3) is 0 Å². The minimum atomic E-state index is -0.591. The Morgan fingerprint density at radius 1 is 1.22 bits per heavy atom. The Kier molecular flexibility index (Phi) is 4.19. The number of benzene rings is 2. The van der Waals surface area contributed by atoms with Crippen LogP contribution >= 0.6 is 0 Å². The van der Waals surface area contributed by atoms with Crippen LogP contribution in [0.5, 0.6) is 0 Å². The zero-order valence-corrected chi connectivity index (χ0v) is 14.6. The van der Waals surface area contributed by atoms with Gasteiger partial charge in [0.1, 0.15) is 11.6 Å². The number of carbonyl (C=O) groups is 2. The van der Waals surface area contributed by atoms with Crippen molar-refractivity contribution in [2.45, 2.75) is 19.3 Å². The van der Waals surface area contributed by atoms with Crippen molar-refractivity contribution >= 4 is 23.3 Å². The standard InChI is InChI=1S/C20H17FN4O2/c1-12-10-18(25(24-12)14-8-6-13(21)7-9-14)23-20(27)16-11-19(26)22-17-5-3-2-4-15(16)17/h2-10,16H,11H2,1H3,(H,22,26)(H,23,27). The molecule has 0 saturated heterocycles. The molecule has 1 aromatic heterocycles. The zero-order valence-electron chi connectivity index (χ0n) is 14.6. The Hall–Kier alpha value is -3.48. The number of para-hydroxylation sites is 1. The molecule has 2 heterocycles.